The summed E-state index contributed by atoms with van der Waals surface area (Å²) in [6, 6.07) is 12.7. The van der Waals surface area contributed by atoms with Gasteiger partial charge in [-0.25, -0.2) is 4.98 Å². The van der Waals surface area contributed by atoms with Crippen molar-refractivity contribution in [1.29, 1.82) is 5.41 Å². The monoisotopic (exact) mass is 428 g/mol. The molecule has 0 atom stereocenters. The number of rotatable bonds is 6. The Bertz CT molecular complexity index is 1170. The molecule has 1 amide bonds. The Morgan fingerprint density at radius 2 is 1.90 bits per heavy atom. The molecule has 1 aromatic heterocycles. The second kappa shape index (κ2) is 8.86. The van der Waals surface area contributed by atoms with Crippen molar-refractivity contribution in [2.75, 3.05) is 12.4 Å². The number of pyridine rings is 1. The largest absolute Gasteiger partial charge is 0.573 e. The number of likely N-dealkylation sites (N-methyl/N-ethyl adjacent to an activating group) is 1. The minimum atomic E-state index is -4.75. The Morgan fingerprint density at radius 1 is 1.13 bits per heavy atom. The van der Waals surface area contributed by atoms with Crippen molar-refractivity contribution in [3.8, 4) is 17.0 Å². The number of carbonyl (C=O) groups excluding carboxylic acids is 1. The molecule has 0 saturated heterocycles. The topological polar surface area (TPSA) is 87.1 Å². The number of ether oxygens (including phenoxy) is 1. The standard InChI is InChI=1S/C22H19F3N4O2/c1-13-11-14(3-6-17(13)29-21(30)20(27-2)9-10-26)18-7-4-15-12-16(31-22(23,24)25)5-8-19(15)28-18/h3-12,26-27H,1-2H3,(H,29,30)/b20-9-,26-10?. The van der Waals surface area contributed by atoms with Gasteiger partial charge in [0.25, 0.3) is 5.91 Å². The summed E-state index contributed by atoms with van der Waals surface area (Å²) in [5.74, 6) is -0.675. The number of fused-ring (bicyclic) bond motifs is 1. The van der Waals surface area contributed by atoms with Gasteiger partial charge in [0.2, 0.25) is 0 Å². The van der Waals surface area contributed by atoms with Gasteiger partial charge in [-0.2, -0.15) is 0 Å². The Kier molecular flexibility index (Phi) is 6.24. The Labute approximate surface area is 176 Å². The van der Waals surface area contributed by atoms with Gasteiger partial charge in [0, 0.05) is 29.9 Å². The van der Waals surface area contributed by atoms with Gasteiger partial charge in [-0.05, 0) is 55.0 Å². The number of hydrogen-bond acceptors (Lipinski definition) is 5. The minimum Gasteiger partial charge on any atom is -0.406 e. The van der Waals surface area contributed by atoms with E-state index in [9.17, 15) is 18.0 Å². The molecule has 0 radical (unpaired) electrons. The van der Waals surface area contributed by atoms with Gasteiger partial charge in [-0.3, -0.25) is 4.79 Å². The molecular formula is C22H19F3N4O2. The minimum absolute atomic E-state index is 0.253. The smallest absolute Gasteiger partial charge is 0.406 e. The zero-order chi connectivity index (χ0) is 22.6. The molecule has 0 fully saturated rings. The molecule has 0 aliphatic carbocycles. The van der Waals surface area contributed by atoms with Crippen LogP contribution in [0.4, 0.5) is 18.9 Å². The quantitative estimate of drug-likeness (QED) is 0.389. The first-order valence-electron chi connectivity index (χ1n) is 9.17. The van der Waals surface area contributed by atoms with Gasteiger partial charge >= 0.3 is 6.36 Å². The van der Waals surface area contributed by atoms with Crippen molar-refractivity contribution < 1.29 is 22.7 Å². The number of anilines is 1. The van der Waals surface area contributed by atoms with Crippen molar-refractivity contribution >= 4 is 28.7 Å². The molecule has 0 unspecified atom stereocenters. The van der Waals surface area contributed by atoms with Crippen LogP contribution in [0.1, 0.15) is 5.56 Å². The van der Waals surface area contributed by atoms with E-state index in [1.807, 2.05) is 13.0 Å². The SMILES string of the molecule is CN/C(=C\C=N)C(=O)Nc1ccc(-c2ccc3cc(OC(F)(F)F)ccc3n2)cc1C. The number of allylic oxidation sites excluding steroid dienone is 1. The Hall–Kier alpha value is -3.88. The molecule has 31 heavy (non-hydrogen) atoms. The molecule has 160 valence electrons. The van der Waals surface area contributed by atoms with Gasteiger partial charge < -0.3 is 20.8 Å². The van der Waals surface area contributed by atoms with Crippen molar-refractivity contribution in [1.82, 2.24) is 10.3 Å². The average molecular weight is 428 g/mol. The van der Waals surface area contributed by atoms with E-state index in [2.05, 4.69) is 20.4 Å². The zero-order valence-electron chi connectivity index (χ0n) is 16.7. The van der Waals surface area contributed by atoms with E-state index in [0.29, 0.717) is 22.3 Å². The summed E-state index contributed by atoms with van der Waals surface area (Å²) < 4.78 is 41.1. The number of amides is 1. The fraction of sp³-hybridized carbons (Fsp3) is 0.136. The van der Waals surface area contributed by atoms with Crippen LogP contribution in [0.3, 0.4) is 0 Å². The van der Waals surface area contributed by atoms with Gasteiger partial charge in [-0.15, -0.1) is 13.2 Å². The van der Waals surface area contributed by atoms with E-state index in [-0.39, 0.29) is 17.4 Å². The van der Waals surface area contributed by atoms with Gasteiger partial charge in [0.05, 0.1) is 11.2 Å². The normalized spacial score (nSPS) is 11.8. The first-order valence-corrected chi connectivity index (χ1v) is 9.17. The maximum atomic E-state index is 12.4. The summed E-state index contributed by atoms with van der Waals surface area (Å²) in [5.41, 5.74) is 3.61. The van der Waals surface area contributed by atoms with E-state index in [0.717, 1.165) is 17.3 Å². The van der Waals surface area contributed by atoms with Crippen LogP contribution in [0.2, 0.25) is 0 Å². The van der Waals surface area contributed by atoms with E-state index >= 15 is 0 Å². The van der Waals surface area contributed by atoms with E-state index < -0.39 is 6.36 Å². The molecule has 3 rings (SSSR count). The maximum absolute atomic E-state index is 12.4. The van der Waals surface area contributed by atoms with Crippen LogP contribution in [-0.2, 0) is 4.79 Å². The first kappa shape index (κ1) is 21.8. The summed E-state index contributed by atoms with van der Waals surface area (Å²) in [7, 11) is 1.59. The summed E-state index contributed by atoms with van der Waals surface area (Å²) >= 11 is 0. The molecule has 3 N–H and O–H groups in total. The van der Waals surface area contributed by atoms with Gasteiger partial charge in [-0.1, -0.05) is 12.1 Å². The van der Waals surface area contributed by atoms with Crippen LogP contribution >= 0.6 is 0 Å². The molecule has 0 aliphatic rings. The Morgan fingerprint density at radius 3 is 2.55 bits per heavy atom. The molecule has 0 saturated carbocycles. The number of benzene rings is 2. The molecule has 9 heteroatoms. The molecule has 0 spiro atoms. The van der Waals surface area contributed by atoms with Crippen molar-refractivity contribution in [3.63, 3.8) is 0 Å². The molecule has 2 aromatic carbocycles. The van der Waals surface area contributed by atoms with Crippen molar-refractivity contribution in [3.05, 3.63) is 65.9 Å². The van der Waals surface area contributed by atoms with Crippen LogP contribution in [0.25, 0.3) is 22.2 Å². The second-order valence-corrected chi connectivity index (χ2v) is 6.58. The number of halogens is 3. The predicted molar refractivity (Wildman–Crippen MR) is 113 cm³/mol. The Balaban J connectivity index is 1.85. The number of nitrogens with one attached hydrogen (secondary N) is 3. The zero-order valence-corrected chi connectivity index (χ0v) is 16.7. The highest BCUT2D eigenvalue weighted by Gasteiger charge is 2.31. The van der Waals surface area contributed by atoms with Gasteiger partial charge in [0.1, 0.15) is 11.4 Å². The lowest BCUT2D eigenvalue weighted by Gasteiger charge is -2.12. The highest BCUT2D eigenvalue weighted by molar-refractivity contribution is 6.05. The van der Waals surface area contributed by atoms with Crippen molar-refractivity contribution in [2.45, 2.75) is 13.3 Å². The second-order valence-electron chi connectivity index (χ2n) is 6.58. The van der Waals surface area contributed by atoms with Crippen LogP contribution in [-0.4, -0.2) is 30.5 Å². The van der Waals surface area contributed by atoms with E-state index in [1.165, 1.54) is 24.3 Å². The van der Waals surface area contributed by atoms with Crippen LogP contribution < -0.4 is 15.4 Å². The summed E-state index contributed by atoms with van der Waals surface area (Å²) in [6.45, 7) is 1.83. The van der Waals surface area contributed by atoms with Gasteiger partial charge in [0.15, 0.2) is 0 Å². The molecule has 0 bridgehead atoms. The third-order valence-corrected chi connectivity index (χ3v) is 4.43. The van der Waals surface area contributed by atoms with Crippen LogP contribution in [0.15, 0.2) is 60.3 Å². The van der Waals surface area contributed by atoms with E-state index in [4.69, 9.17) is 5.41 Å². The molecule has 1 heterocycles. The summed E-state index contributed by atoms with van der Waals surface area (Å²) in [4.78, 5) is 16.8. The number of aromatic nitrogens is 1. The summed E-state index contributed by atoms with van der Waals surface area (Å²) in [6.07, 6.45) is -2.38. The number of nitrogens with zero attached hydrogens (tertiary/aromatic N) is 1. The fourth-order valence-electron chi connectivity index (χ4n) is 2.97. The number of carbonyl (C=O) groups is 1. The lowest BCUT2D eigenvalue weighted by Crippen LogP contribution is -2.23. The third kappa shape index (κ3) is 5.39. The average Bonchev–Trinajstić information content (AvgIpc) is 2.71. The summed E-state index contributed by atoms with van der Waals surface area (Å²) in [5, 5.41) is 13.1. The fourth-order valence-corrected chi connectivity index (χ4v) is 2.97. The van der Waals surface area contributed by atoms with Crippen LogP contribution in [0.5, 0.6) is 5.75 Å². The molecular weight excluding hydrogens is 409 g/mol. The lowest BCUT2D eigenvalue weighted by atomic mass is 10.1. The number of hydrogen-bond donors (Lipinski definition) is 3. The predicted octanol–water partition coefficient (Wildman–Crippen LogP) is 4.80. The number of aryl methyl sites for hydroxylation is 1. The molecule has 0 aliphatic heterocycles. The number of alkyl halides is 3. The van der Waals surface area contributed by atoms with Crippen molar-refractivity contribution in [2.24, 2.45) is 0 Å². The van der Waals surface area contributed by atoms with Crippen LogP contribution in [0, 0.1) is 12.3 Å². The molecule has 6 nitrogen and oxygen atoms in total. The van der Waals surface area contributed by atoms with E-state index in [1.54, 1.807) is 31.3 Å². The molecule has 3 aromatic rings. The maximum Gasteiger partial charge on any atom is 0.573 e. The lowest BCUT2D eigenvalue weighted by molar-refractivity contribution is -0.274. The highest BCUT2D eigenvalue weighted by atomic mass is 19.4. The third-order valence-electron chi connectivity index (χ3n) is 4.43. The first-order chi connectivity index (χ1) is 14.7. The highest BCUT2D eigenvalue weighted by Crippen LogP contribution is 2.29.